The molecule has 3 aromatic rings. The number of hydrogen-bond donors (Lipinski definition) is 2. The Morgan fingerprint density at radius 1 is 0.767 bits per heavy atom. The average Bonchev–Trinajstić information content (AvgIpc) is 2.78. The van der Waals surface area contributed by atoms with E-state index in [0.717, 1.165) is 23.2 Å². The molecule has 2 N–H and O–H groups in total. The van der Waals surface area contributed by atoms with Crippen LogP contribution in [-0.2, 0) is 6.54 Å². The van der Waals surface area contributed by atoms with Gasteiger partial charge in [-0.3, -0.25) is 9.59 Å². The third-order valence-corrected chi connectivity index (χ3v) is 4.77. The third-order valence-electron chi connectivity index (χ3n) is 4.77. The molecule has 0 saturated carbocycles. The first kappa shape index (κ1) is 21.3. The molecular formula is C25H27N3O2. The number of benzene rings is 3. The van der Waals surface area contributed by atoms with Crippen LogP contribution in [0.4, 0.5) is 0 Å². The van der Waals surface area contributed by atoms with Crippen LogP contribution in [0.1, 0.15) is 26.3 Å². The number of hydrogen-bond acceptors (Lipinski definition) is 3. The van der Waals surface area contributed by atoms with Crippen molar-refractivity contribution in [3.8, 4) is 11.1 Å². The first-order chi connectivity index (χ1) is 14.5. The Morgan fingerprint density at radius 2 is 1.43 bits per heavy atom. The zero-order valence-electron chi connectivity index (χ0n) is 17.4. The molecule has 0 bridgehead atoms. The highest BCUT2D eigenvalue weighted by molar-refractivity contribution is 6.00. The normalized spacial score (nSPS) is 10.6. The molecule has 154 valence electrons. The second-order valence-electron chi connectivity index (χ2n) is 7.35. The van der Waals surface area contributed by atoms with Crippen molar-refractivity contribution < 1.29 is 9.59 Å². The lowest BCUT2D eigenvalue weighted by molar-refractivity contribution is 0.0942. The second kappa shape index (κ2) is 10.4. The van der Waals surface area contributed by atoms with Gasteiger partial charge in [0, 0.05) is 30.8 Å². The van der Waals surface area contributed by atoms with Crippen LogP contribution >= 0.6 is 0 Å². The van der Waals surface area contributed by atoms with Gasteiger partial charge < -0.3 is 15.5 Å². The van der Waals surface area contributed by atoms with Crippen molar-refractivity contribution in [2.75, 3.05) is 27.2 Å². The molecule has 0 aliphatic carbocycles. The summed E-state index contributed by atoms with van der Waals surface area (Å²) in [5.74, 6) is -0.218. The Balaban J connectivity index is 1.60. The molecule has 3 aromatic carbocycles. The zero-order valence-corrected chi connectivity index (χ0v) is 17.4. The first-order valence-electron chi connectivity index (χ1n) is 9.99. The molecule has 0 unspecified atom stereocenters. The lowest BCUT2D eigenvalue weighted by Gasteiger charge is -2.12. The molecule has 0 atom stereocenters. The Labute approximate surface area is 177 Å². The van der Waals surface area contributed by atoms with Crippen molar-refractivity contribution in [2.24, 2.45) is 0 Å². The van der Waals surface area contributed by atoms with Crippen LogP contribution in [0.15, 0.2) is 78.9 Å². The van der Waals surface area contributed by atoms with Crippen molar-refractivity contribution in [3.63, 3.8) is 0 Å². The van der Waals surface area contributed by atoms with Gasteiger partial charge >= 0.3 is 0 Å². The molecule has 0 saturated heterocycles. The van der Waals surface area contributed by atoms with Gasteiger partial charge in [0.05, 0.1) is 0 Å². The van der Waals surface area contributed by atoms with E-state index in [4.69, 9.17) is 0 Å². The van der Waals surface area contributed by atoms with Gasteiger partial charge in [-0.25, -0.2) is 0 Å². The number of rotatable bonds is 8. The quantitative estimate of drug-likeness (QED) is 0.607. The van der Waals surface area contributed by atoms with Gasteiger partial charge in [0.2, 0.25) is 0 Å². The largest absolute Gasteiger partial charge is 0.351 e. The predicted molar refractivity (Wildman–Crippen MR) is 120 cm³/mol. The van der Waals surface area contributed by atoms with Crippen LogP contribution in [0, 0.1) is 0 Å². The van der Waals surface area contributed by atoms with E-state index in [1.807, 2.05) is 85.7 Å². The summed E-state index contributed by atoms with van der Waals surface area (Å²) in [5, 5.41) is 5.87. The summed E-state index contributed by atoms with van der Waals surface area (Å²) in [6, 6.07) is 24.7. The molecule has 30 heavy (non-hydrogen) atoms. The smallest absolute Gasteiger partial charge is 0.252 e. The van der Waals surface area contributed by atoms with Crippen molar-refractivity contribution >= 4 is 11.8 Å². The van der Waals surface area contributed by atoms with E-state index in [1.54, 1.807) is 12.1 Å². The van der Waals surface area contributed by atoms with Crippen molar-refractivity contribution in [1.82, 2.24) is 15.5 Å². The molecule has 0 heterocycles. The molecule has 0 fully saturated rings. The Hall–Kier alpha value is -3.44. The molecule has 0 spiro atoms. The summed E-state index contributed by atoms with van der Waals surface area (Å²) < 4.78 is 0. The van der Waals surface area contributed by atoms with E-state index >= 15 is 0 Å². The van der Waals surface area contributed by atoms with Gasteiger partial charge in [-0.05, 0) is 49.0 Å². The minimum atomic E-state index is -0.125. The van der Waals surface area contributed by atoms with Gasteiger partial charge in [-0.2, -0.15) is 0 Å². The topological polar surface area (TPSA) is 61.4 Å². The number of nitrogens with zero attached hydrogens (tertiary/aromatic N) is 1. The van der Waals surface area contributed by atoms with E-state index in [9.17, 15) is 9.59 Å². The zero-order chi connectivity index (χ0) is 21.3. The lowest BCUT2D eigenvalue weighted by Crippen LogP contribution is -2.31. The fraction of sp³-hybridized carbons (Fsp3) is 0.200. The molecule has 3 rings (SSSR count). The third kappa shape index (κ3) is 5.78. The molecule has 5 nitrogen and oxygen atoms in total. The molecule has 2 amide bonds. The van der Waals surface area contributed by atoms with Crippen LogP contribution in [0.2, 0.25) is 0 Å². The maximum Gasteiger partial charge on any atom is 0.252 e. The Kier molecular flexibility index (Phi) is 7.35. The Bertz CT molecular complexity index is 983. The van der Waals surface area contributed by atoms with Crippen LogP contribution < -0.4 is 10.6 Å². The summed E-state index contributed by atoms with van der Waals surface area (Å²) in [4.78, 5) is 27.0. The summed E-state index contributed by atoms with van der Waals surface area (Å²) in [5.41, 5.74) is 4.09. The van der Waals surface area contributed by atoms with Gasteiger partial charge in [-0.1, -0.05) is 60.7 Å². The molecule has 0 radical (unpaired) electrons. The number of nitrogens with one attached hydrogen (secondary N) is 2. The first-order valence-corrected chi connectivity index (χ1v) is 9.99. The van der Waals surface area contributed by atoms with Crippen LogP contribution in [0.5, 0.6) is 0 Å². The summed E-state index contributed by atoms with van der Waals surface area (Å²) in [6.07, 6.45) is 0. The second-order valence-corrected chi connectivity index (χ2v) is 7.35. The maximum absolute atomic E-state index is 12.8. The number of carbonyl (C=O) groups excluding carboxylic acids is 2. The number of amides is 2. The van der Waals surface area contributed by atoms with Crippen molar-refractivity contribution in [3.05, 3.63) is 95.6 Å². The van der Waals surface area contributed by atoms with E-state index in [0.29, 0.717) is 24.2 Å². The Morgan fingerprint density at radius 3 is 2.13 bits per heavy atom. The van der Waals surface area contributed by atoms with E-state index in [1.165, 1.54) is 0 Å². The van der Waals surface area contributed by atoms with Gasteiger partial charge in [-0.15, -0.1) is 0 Å². The summed E-state index contributed by atoms with van der Waals surface area (Å²) in [7, 11) is 3.93. The maximum atomic E-state index is 12.8. The van der Waals surface area contributed by atoms with Crippen LogP contribution in [0.3, 0.4) is 0 Å². The number of likely N-dealkylation sites (N-methyl/N-ethyl adjacent to an activating group) is 1. The lowest BCUT2D eigenvalue weighted by atomic mass is 9.99. The fourth-order valence-electron chi connectivity index (χ4n) is 3.10. The van der Waals surface area contributed by atoms with Gasteiger partial charge in [0.25, 0.3) is 11.8 Å². The minimum Gasteiger partial charge on any atom is -0.351 e. The highest BCUT2D eigenvalue weighted by atomic mass is 16.2. The monoisotopic (exact) mass is 401 g/mol. The summed E-state index contributed by atoms with van der Waals surface area (Å²) in [6.45, 7) is 1.79. The molecule has 0 aromatic heterocycles. The molecule has 5 heteroatoms. The highest BCUT2D eigenvalue weighted by Crippen LogP contribution is 2.23. The highest BCUT2D eigenvalue weighted by Gasteiger charge is 2.12. The molecule has 0 aliphatic rings. The van der Waals surface area contributed by atoms with Gasteiger partial charge in [0.15, 0.2) is 0 Å². The molecule has 0 aliphatic heterocycles. The minimum absolute atomic E-state index is 0.0933. The summed E-state index contributed by atoms with van der Waals surface area (Å²) >= 11 is 0. The van der Waals surface area contributed by atoms with Crippen molar-refractivity contribution in [1.29, 1.82) is 0 Å². The molecular weight excluding hydrogens is 374 g/mol. The van der Waals surface area contributed by atoms with E-state index < -0.39 is 0 Å². The van der Waals surface area contributed by atoms with Crippen LogP contribution in [-0.4, -0.2) is 43.9 Å². The van der Waals surface area contributed by atoms with E-state index in [-0.39, 0.29) is 11.8 Å². The standard InChI is InChI=1S/C25H27N3O2/c1-28(2)17-16-26-24(29)21-14-12-19(13-15-21)18-27-25(30)23-11-7-6-10-22(23)20-8-4-3-5-9-20/h3-15H,16-18H2,1-2H3,(H,26,29)(H,27,30). The van der Waals surface area contributed by atoms with Gasteiger partial charge in [0.1, 0.15) is 0 Å². The van der Waals surface area contributed by atoms with Crippen molar-refractivity contribution in [2.45, 2.75) is 6.54 Å². The number of carbonyl (C=O) groups is 2. The predicted octanol–water partition coefficient (Wildman–Crippen LogP) is 3.58. The SMILES string of the molecule is CN(C)CCNC(=O)c1ccc(CNC(=O)c2ccccc2-c2ccccc2)cc1. The van der Waals surface area contributed by atoms with E-state index in [2.05, 4.69) is 10.6 Å². The fourth-order valence-corrected chi connectivity index (χ4v) is 3.10. The average molecular weight is 402 g/mol. The van der Waals surface area contributed by atoms with Crippen LogP contribution in [0.25, 0.3) is 11.1 Å².